The Labute approximate surface area is 105 Å². The maximum Gasteiger partial charge on any atom is 0.261 e. The van der Waals surface area contributed by atoms with Gasteiger partial charge >= 0.3 is 0 Å². The van der Waals surface area contributed by atoms with Crippen LogP contribution in [0.4, 0.5) is 0 Å². The number of H-pyrrole nitrogens is 1. The first-order chi connectivity index (χ1) is 8.16. The number of aryl methyl sites for hydroxylation is 2. The Hall–Kier alpha value is -1.55. The molecule has 2 heterocycles. The minimum absolute atomic E-state index is 0.0184. The molecule has 0 bridgehead atoms. The Morgan fingerprint density at radius 2 is 2.29 bits per heavy atom. The molecule has 0 spiro atoms. The lowest BCUT2D eigenvalue weighted by Gasteiger charge is -2.03. The van der Waals surface area contributed by atoms with Gasteiger partial charge in [0, 0.05) is 17.9 Å². The number of thiophene rings is 1. The van der Waals surface area contributed by atoms with E-state index in [1.54, 1.807) is 0 Å². The zero-order chi connectivity index (χ0) is 12.3. The molecule has 0 fully saturated rings. The Balaban J connectivity index is 1.84. The maximum absolute atomic E-state index is 11.7. The Morgan fingerprint density at radius 1 is 1.47 bits per heavy atom. The normalized spacial score (nSPS) is 10.5. The van der Waals surface area contributed by atoms with Crippen molar-refractivity contribution < 1.29 is 4.79 Å². The summed E-state index contributed by atoms with van der Waals surface area (Å²) in [5.41, 5.74) is 3.63. The number of rotatable bonds is 4. The van der Waals surface area contributed by atoms with Gasteiger partial charge in [0.2, 0.25) is 0 Å². The summed E-state index contributed by atoms with van der Waals surface area (Å²) in [5.74, 6) is 0.0184. The fourth-order valence-corrected chi connectivity index (χ4v) is 2.49. The van der Waals surface area contributed by atoms with Crippen molar-refractivity contribution in [2.45, 2.75) is 20.3 Å². The van der Waals surface area contributed by atoms with Crippen molar-refractivity contribution in [3.05, 3.63) is 45.4 Å². The van der Waals surface area contributed by atoms with Gasteiger partial charge in [0.05, 0.1) is 4.88 Å². The zero-order valence-corrected chi connectivity index (χ0v) is 10.9. The van der Waals surface area contributed by atoms with E-state index in [0.717, 1.165) is 11.3 Å². The second-order valence-electron chi connectivity index (χ2n) is 4.09. The van der Waals surface area contributed by atoms with Crippen LogP contribution in [0.25, 0.3) is 0 Å². The van der Waals surface area contributed by atoms with E-state index in [9.17, 15) is 4.79 Å². The van der Waals surface area contributed by atoms with Crippen molar-refractivity contribution in [3.63, 3.8) is 0 Å². The average Bonchev–Trinajstić information content (AvgIpc) is 2.89. The standard InChI is InChI=1S/C13H16N2OS/c1-9-8-11(10(2)15-9)5-6-14-13(16)12-4-3-7-17-12/h3-4,7-8,15H,5-6H2,1-2H3,(H,14,16). The van der Waals surface area contributed by atoms with Gasteiger partial charge in [0.25, 0.3) is 5.91 Å². The highest BCUT2D eigenvalue weighted by Gasteiger charge is 2.06. The van der Waals surface area contributed by atoms with Crippen LogP contribution in [0.15, 0.2) is 23.6 Å². The molecule has 0 radical (unpaired) electrons. The van der Waals surface area contributed by atoms with E-state index in [1.165, 1.54) is 28.3 Å². The second kappa shape index (κ2) is 5.19. The van der Waals surface area contributed by atoms with E-state index in [0.29, 0.717) is 6.54 Å². The molecule has 0 unspecified atom stereocenters. The van der Waals surface area contributed by atoms with Crippen LogP contribution in [-0.2, 0) is 6.42 Å². The minimum atomic E-state index is 0.0184. The van der Waals surface area contributed by atoms with Crippen LogP contribution in [0.5, 0.6) is 0 Å². The number of aromatic amines is 1. The van der Waals surface area contributed by atoms with E-state index >= 15 is 0 Å². The first-order valence-electron chi connectivity index (χ1n) is 5.63. The predicted octanol–water partition coefficient (Wildman–Crippen LogP) is 2.67. The summed E-state index contributed by atoms with van der Waals surface area (Å²) in [5, 5.41) is 4.84. The van der Waals surface area contributed by atoms with Crippen molar-refractivity contribution in [2.75, 3.05) is 6.54 Å². The molecule has 2 N–H and O–H groups in total. The van der Waals surface area contributed by atoms with Gasteiger partial charge in [-0.2, -0.15) is 0 Å². The van der Waals surface area contributed by atoms with Gasteiger partial charge in [-0.1, -0.05) is 6.07 Å². The Bertz CT molecular complexity index is 499. The predicted molar refractivity (Wildman–Crippen MR) is 70.6 cm³/mol. The number of nitrogens with one attached hydrogen (secondary N) is 2. The van der Waals surface area contributed by atoms with Crippen molar-refractivity contribution >= 4 is 17.2 Å². The second-order valence-corrected chi connectivity index (χ2v) is 5.03. The molecule has 17 heavy (non-hydrogen) atoms. The third kappa shape index (κ3) is 2.97. The number of hydrogen-bond acceptors (Lipinski definition) is 2. The van der Waals surface area contributed by atoms with Crippen LogP contribution in [-0.4, -0.2) is 17.4 Å². The zero-order valence-electron chi connectivity index (χ0n) is 10.0. The Morgan fingerprint density at radius 3 is 2.88 bits per heavy atom. The molecule has 0 saturated heterocycles. The molecule has 1 amide bonds. The quantitative estimate of drug-likeness (QED) is 0.858. The lowest BCUT2D eigenvalue weighted by Crippen LogP contribution is -2.24. The molecule has 3 nitrogen and oxygen atoms in total. The van der Waals surface area contributed by atoms with E-state index in [-0.39, 0.29) is 5.91 Å². The van der Waals surface area contributed by atoms with Crippen molar-refractivity contribution in [3.8, 4) is 0 Å². The SMILES string of the molecule is Cc1cc(CCNC(=O)c2cccs2)c(C)[nH]1. The number of carbonyl (C=O) groups excluding carboxylic acids is 1. The average molecular weight is 248 g/mol. The van der Waals surface area contributed by atoms with Gasteiger partial charge in [0.1, 0.15) is 0 Å². The maximum atomic E-state index is 11.7. The molecule has 0 saturated carbocycles. The first-order valence-corrected chi connectivity index (χ1v) is 6.51. The molecular formula is C13H16N2OS. The fraction of sp³-hybridized carbons (Fsp3) is 0.308. The molecule has 90 valence electrons. The van der Waals surface area contributed by atoms with E-state index < -0.39 is 0 Å². The summed E-state index contributed by atoms with van der Waals surface area (Å²) < 4.78 is 0. The lowest BCUT2D eigenvalue weighted by molar-refractivity contribution is 0.0958. The third-order valence-corrected chi connectivity index (χ3v) is 3.55. The van der Waals surface area contributed by atoms with Gasteiger partial charge in [-0.05, 0) is 43.3 Å². The topological polar surface area (TPSA) is 44.9 Å². The highest BCUT2D eigenvalue weighted by molar-refractivity contribution is 7.12. The molecular weight excluding hydrogens is 232 g/mol. The summed E-state index contributed by atoms with van der Waals surface area (Å²) >= 11 is 1.47. The van der Waals surface area contributed by atoms with Crippen LogP contribution in [0.2, 0.25) is 0 Å². The smallest absolute Gasteiger partial charge is 0.261 e. The first kappa shape index (κ1) is 11.9. The highest BCUT2D eigenvalue weighted by atomic mass is 32.1. The van der Waals surface area contributed by atoms with Crippen LogP contribution in [0.3, 0.4) is 0 Å². The van der Waals surface area contributed by atoms with Gasteiger partial charge in [0.15, 0.2) is 0 Å². The molecule has 0 aromatic carbocycles. The highest BCUT2D eigenvalue weighted by Crippen LogP contribution is 2.10. The fourth-order valence-electron chi connectivity index (χ4n) is 1.85. The largest absolute Gasteiger partial charge is 0.362 e. The molecule has 2 aromatic rings. The summed E-state index contributed by atoms with van der Waals surface area (Å²) in [4.78, 5) is 15.7. The molecule has 0 aliphatic rings. The van der Waals surface area contributed by atoms with E-state index in [2.05, 4.69) is 23.3 Å². The van der Waals surface area contributed by atoms with Crippen molar-refractivity contribution in [2.24, 2.45) is 0 Å². The molecule has 2 rings (SSSR count). The van der Waals surface area contributed by atoms with Crippen molar-refractivity contribution in [1.82, 2.24) is 10.3 Å². The molecule has 0 aliphatic heterocycles. The number of hydrogen-bond donors (Lipinski definition) is 2. The minimum Gasteiger partial charge on any atom is -0.362 e. The van der Waals surface area contributed by atoms with Crippen LogP contribution >= 0.6 is 11.3 Å². The van der Waals surface area contributed by atoms with Crippen molar-refractivity contribution in [1.29, 1.82) is 0 Å². The van der Waals surface area contributed by atoms with Gasteiger partial charge in [-0.3, -0.25) is 4.79 Å². The number of aromatic nitrogens is 1. The summed E-state index contributed by atoms with van der Waals surface area (Å²) in [6.45, 7) is 4.78. The number of carbonyl (C=O) groups is 1. The van der Waals surface area contributed by atoms with Crippen LogP contribution in [0, 0.1) is 13.8 Å². The third-order valence-electron chi connectivity index (χ3n) is 2.68. The summed E-state index contributed by atoms with van der Waals surface area (Å²) in [6.07, 6.45) is 0.868. The van der Waals surface area contributed by atoms with Gasteiger partial charge < -0.3 is 10.3 Å². The lowest BCUT2D eigenvalue weighted by atomic mass is 10.2. The number of amides is 1. The molecule has 0 atom stereocenters. The van der Waals surface area contributed by atoms with Crippen LogP contribution < -0.4 is 5.32 Å². The van der Waals surface area contributed by atoms with Crippen LogP contribution in [0.1, 0.15) is 26.6 Å². The molecule has 2 aromatic heterocycles. The molecule has 4 heteroatoms. The van der Waals surface area contributed by atoms with E-state index in [4.69, 9.17) is 0 Å². The summed E-state index contributed by atoms with van der Waals surface area (Å²) in [7, 11) is 0. The molecule has 0 aliphatic carbocycles. The Kier molecular flexibility index (Phi) is 3.64. The summed E-state index contributed by atoms with van der Waals surface area (Å²) in [6, 6.07) is 5.86. The van der Waals surface area contributed by atoms with Gasteiger partial charge in [-0.25, -0.2) is 0 Å². The van der Waals surface area contributed by atoms with E-state index in [1.807, 2.05) is 24.4 Å². The van der Waals surface area contributed by atoms with Gasteiger partial charge in [-0.15, -0.1) is 11.3 Å². The monoisotopic (exact) mass is 248 g/mol.